The summed E-state index contributed by atoms with van der Waals surface area (Å²) in [7, 11) is 0. The Labute approximate surface area is 139 Å². The number of rotatable bonds is 2. The SMILES string of the molecule is S=C1N[C@@H](c2ccccc2)N2C(=S)N[C@@H](c3ccccc3)N12. The minimum atomic E-state index is -0.0672. The molecule has 2 aliphatic heterocycles. The van der Waals surface area contributed by atoms with Gasteiger partial charge < -0.3 is 10.6 Å². The first-order chi connectivity index (χ1) is 10.8. The number of thiocarbonyl (C=S) groups is 2. The quantitative estimate of drug-likeness (QED) is 0.825. The molecule has 2 heterocycles. The van der Waals surface area contributed by atoms with Crippen molar-refractivity contribution in [3.63, 3.8) is 0 Å². The fourth-order valence-corrected chi connectivity index (χ4v) is 3.50. The van der Waals surface area contributed by atoms with Crippen LogP contribution in [-0.4, -0.2) is 20.2 Å². The molecule has 2 aromatic rings. The topological polar surface area (TPSA) is 30.5 Å². The van der Waals surface area contributed by atoms with Crippen molar-refractivity contribution >= 4 is 34.7 Å². The number of hydrogen-bond donors (Lipinski definition) is 2. The molecule has 22 heavy (non-hydrogen) atoms. The molecular weight excluding hydrogens is 312 g/mol. The van der Waals surface area contributed by atoms with Gasteiger partial charge in [-0.05, 0) is 35.6 Å². The molecule has 0 unspecified atom stereocenters. The van der Waals surface area contributed by atoms with Crippen LogP contribution in [0.2, 0.25) is 0 Å². The molecule has 0 aliphatic carbocycles. The Balaban J connectivity index is 1.71. The van der Waals surface area contributed by atoms with Gasteiger partial charge in [-0.1, -0.05) is 60.7 Å². The molecule has 2 aliphatic rings. The number of benzene rings is 2. The lowest BCUT2D eigenvalue weighted by Gasteiger charge is -2.26. The Morgan fingerprint density at radius 2 is 1.00 bits per heavy atom. The number of fused-ring (bicyclic) bond motifs is 1. The average molecular weight is 326 g/mol. The zero-order valence-electron chi connectivity index (χ0n) is 11.6. The van der Waals surface area contributed by atoms with E-state index in [9.17, 15) is 0 Å². The molecule has 110 valence electrons. The van der Waals surface area contributed by atoms with Crippen LogP contribution in [0.3, 0.4) is 0 Å². The maximum absolute atomic E-state index is 5.54. The first-order valence-electron chi connectivity index (χ1n) is 7.05. The van der Waals surface area contributed by atoms with Crippen LogP contribution in [0.15, 0.2) is 60.7 Å². The molecule has 2 N–H and O–H groups in total. The van der Waals surface area contributed by atoms with E-state index in [-0.39, 0.29) is 12.3 Å². The first-order valence-corrected chi connectivity index (χ1v) is 7.86. The van der Waals surface area contributed by atoms with Crippen LogP contribution in [0.1, 0.15) is 23.5 Å². The van der Waals surface area contributed by atoms with E-state index in [4.69, 9.17) is 24.4 Å². The van der Waals surface area contributed by atoms with Crippen molar-refractivity contribution in [1.82, 2.24) is 20.7 Å². The van der Waals surface area contributed by atoms with Crippen LogP contribution >= 0.6 is 24.4 Å². The van der Waals surface area contributed by atoms with Crippen molar-refractivity contribution < 1.29 is 0 Å². The molecule has 0 aromatic heterocycles. The van der Waals surface area contributed by atoms with Gasteiger partial charge in [-0.15, -0.1) is 0 Å². The highest BCUT2D eigenvalue weighted by atomic mass is 32.1. The highest BCUT2D eigenvalue weighted by Gasteiger charge is 2.47. The van der Waals surface area contributed by atoms with E-state index in [1.807, 2.05) is 46.4 Å². The Morgan fingerprint density at radius 3 is 1.36 bits per heavy atom. The number of nitrogens with one attached hydrogen (secondary N) is 2. The molecule has 0 spiro atoms. The van der Waals surface area contributed by atoms with E-state index < -0.39 is 0 Å². The summed E-state index contributed by atoms with van der Waals surface area (Å²) in [6.07, 6.45) is -0.134. The largest absolute Gasteiger partial charge is 0.336 e. The van der Waals surface area contributed by atoms with Crippen LogP contribution in [0.4, 0.5) is 0 Å². The maximum atomic E-state index is 5.54. The molecule has 0 bridgehead atoms. The minimum Gasteiger partial charge on any atom is -0.336 e. The van der Waals surface area contributed by atoms with Gasteiger partial charge in [0.2, 0.25) is 0 Å². The van der Waals surface area contributed by atoms with Gasteiger partial charge in [-0.2, -0.15) is 0 Å². The van der Waals surface area contributed by atoms with Gasteiger partial charge in [0.05, 0.1) is 0 Å². The number of hydrogen-bond acceptors (Lipinski definition) is 2. The summed E-state index contributed by atoms with van der Waals surface area (Å²) in [5, 5.41) is 12.1. The monoisotopic (exact) mass is 326 g/mol. The van der Waals surface area contributed by atoms with Gasteiger partial charge in [0.15, 0.2) is 10.2 Å². The summed E-state index contributed by atoms with van der Waals surface area (Å²) in [6, 6.07) is 20.4. The predicted molar refractivity (Wildman–Crippen MR) is 93.5 cm³/mol. The minimum absolute atomic E-state index is 0.0672. The van der Waals surface area contributed by atoms with Crippen LogP contribution in [0.25, 0.3) is 0 Å². The molecule has 2 saturated heterocycles. The zero-order chi connectivity index (χ0) is 15.1. The Bertz CT molecular complexity index is 656. The molecule has 0 radical (unpaired) electrons. The standard InChI is InChI=1S/C16H14N4S2/c21-15-17-13(11-7-3-1-4-8-11)19-16(22)18-14(20(15)19)12-9-5-2-6-10-12/h1-10,13-14H,(H,17,21)(H,18,22)/t13-,14-/m1/s1. The maximum Gasteiger partial charge on any atom is 0.192 e. The van der Waals surface area contributed by atoms with Gasteiger partial charge in [-0.3, -0.25) is 0 Å². The van der Waals surface area contributed by atoms with E-state index in [1.165, 1.54) is 0 Å². The van der Waals surface area contributed by atoms with Gasteiger partial charge >= 0.3 is 0 Å². The molecule has 6 heteroatoms. The Morgan fingerprint density at radius 1 is 0.636 bits per heavy atom. The first kappa shape index (κ1) is 13.5. The third kappa shape index (κ3) is 2.03. The van der Waals surface area contributed by atoms with E-state index in [1.54, 1.807) is 0 Å². The van der Waals surface area contributed by atoms with Crippen LogP contribution in [0, 0.1) is 0 Å². The van der Waals surface area contributed by atoms with Crippen molar-refractivity contribution in [1.29, 1.82) is 0 Å². The molecule has 4 rings (SSSR count). The zero-order valence-corrected chi connectivity index (χ0v) is 13.3. The van der Waals surface area contributed by atoms with Crippen molar-refractivity contribution in [3.05, 3.63) is 71.8 Å². The summed E-state index contributed by atoms with van der Waals surface area (Å²) >= 11 is 11.1. The second-order valence-corrected chi connectivity index (χ2v) is 5.99. The average Bonchev–Trinajstić information content (AvgIpc) is 3.09. The molecule has 4 nitrogen and oxygen atoms in total. The van der Waals surface area contributed by atoms with Crippen LogP contribution < -0.4 is 10.6 Å². The normalized spacial score (nSPS) is 23.3. The van der Waals surface area contributed by atoms with E-state index in [0.29, 0.717) is 10.2 Å². The Kier molecular flexibility index (Phi) is 3.20. The molecular formula is C16H14N4S2. The van der Waals surface area contributed by atoms with Crippen molar-refractivity contribution in [3.8, 4) is 0 Å². The molecule has 0 saturated carbocycles. The highest BCUT2D eigenvalue weighted by Crippen LogP contribution is 2.36. The second kappa shape index (κ2) is 5.23. The fraction of sp³-hybridized carbons (Fsp3) is 0.125. The van der Waals surface area contributed by atoms with Crippen LogP contribution in [0.5, 0.6) is 0 Å². The van der Waals surface area contributed by atoms with Gasteiger partial charge in [0.1, 0.15) is 12.3 Å². The molecule has 2 fully saturated rings. The Hall–Kier alpha value is -2.18. The summed E-state index contributed by atoms with van der Waals surface area (Å²) in [6.45, 7) is 0. The lowest BCUT2D eigenvalue weighted by Crippen LogP contribution is -2.36. The number of hydrazine groups is 1. The van der Waals surface area contributed by atoms with Crippen LogP contribution in [-0.2, 0) is 0 Å². The third-order valence-electron chi connectivity index (χ3n) is 3.89. The lowest BCUT2D eigenvalue weighted by molar-refractivity contribution is 0.114. The third-order valence-corrected chi connectivity index (χ3v) is 4.50. The van der Waals surface area contributed by atoms with Gasteiger partial charge in [0.25, 0.3) is 0 Å². The molecule has 0 amide bonds. The fourth-order valence-electron chi connectivity index (χ4n) is 2.89. The van der Waals surface area contributed by atoms with E-state index in [2.05, 4.69) is 34.9 Å². The highest BCUT2D eigenvalue weighted by molar-refractivity contribution is 7.80. The second-order valence-electron chi connectivity index (χ2n) is 5.21. The van der Waals surface area contributed by atoms with Crippen molar-refractivity contribution in [2.75, 3.05) is 0 Å². The molecule has 2 aromatic carbocycles. The smallest absolute Gasteiger partial charge is 0.192 e. The number of nitrogens with zero attached hydrogens (tertiary/aromatic N) is 2. The van der Waals surface area contributed by atoms with Gasteiger partial charge in [-0.25, -0.2) is 10.0 Å². The summed E-state index contributed by atoms with van der Waals surface area (Å²) in [5.41, 5.74) is 2.26. The lowest BCUT2D eigenvalue weighted by atomic mass is 10.2. The predicted octanol–water partition coefficient (Wildman–Crippen LogP) is 2.68. The molecule has 2 atom stereocenters. The van der Waals surface area contributed by atoms with Gasteiger partial charge in [0, 0.05) is 0 Å². The van der Waals surface area contributed by atoms with E-state index >= 15 is 0 Å². The van der Waals surface area contributed by atoms with Crippen molar-refractivity contribution in [2.24, 2.45) is 0 Å². The summed E-state index contributed by atoms with van der Waals surface area (Å²) in [4.78, 5) is 0. The van der Waals surface area contributed by atoms with E-state index in [0.717, 1.165) is 11.1 Å². The van der Waals surface area contributed by atoms with Crippen molar-refractivity contribution in [2.45, 2.75) is 12.3 Å². The summed E-state index contributed by atoms with van der Waals surface area (Å²) in [5.74, 6) is 0. The summed E-state index contributed by atoms with van der Waals surface area (Å²) < 4.78 is 0.